The number of halogens is 1. The third-order valence-corrected chi connectivity index (χ3v) is 3.78. The van der Waals surface area contributed by atoms with Gasteiger partial charge in [0.25, 0.3) is 5.78 Å². The zero-order valence-electron chi connectivity index (χ0n) is 13.2. The second kappa shape index (κ2) is 7.12. The highest BCUT2D eigenvalue weighted by atomic mass is 19.1. The number of phenolic OH excluding ortho intramolecular Hbond substituents is 2. The summed E-state index contributed by atoms with van der Waals surface area (Å²) < 4.78 is 13.1. The summed E-state index contributed by atoms with van der Waals surface area (Å²) in [4.78, 5) is 35.9. The van der Waals surface area contributed by atoms with Gasteiger partial charge >= 0.3 is 5.97 Å². The van der Waals surface area contributed by atoms with Crippen LogP contribution in [0.25, 0.3) is 0 Å². The van der Waals surface area contributed by atoms with Gasteiger partial charge in [-0.05, 0) is 35.7 Å². The van der Waals surface area contributed by atoms with Crippen LogP contribution in [0.2, 0.25) is 0 Å². The van der Waals surface area contributed by atoms with E-state index in [2.05, 4.69) is 0 Å². The number of aryl methyl sites for hydroxylation is 1. The highest BCUT2D eigenvalue weighted by molar-refractivity contribution is 6.41. The highest BCUT2D eigenvalue weighted by Gasteiger charge is 2.35. The summed E-state index contributed by atoms with van der Waals surface area (Å²) >= 11 is 0. The number of hydrogen-bond acceptors (Lipinski definition) is 5. The van der Waals surface area contributed by atoms with Crippen molar-refractivity contribution in [2.45, 2.75) is 19.3 Å². The second-order valence-corrected chi connectivity index (χ2v) is 5.37. The Balaban J connectivity index is 2.58. The first kappa shape index (κ1) is 18.1. The van der Waals surface area contributed by atoms with Crippen molar-refractivity contribution in [1.29, 1.82) is 0 Å². The topological polar surface area (TPSA) is 112 Å². The van der Waals surface area contributed by atoms with E-state index in [9.17, 15) is 29.0 Å². The average molecular weight is 346 g/mol. The lowest BCUT2D eigenvalue weighted by Crippen LogP contribution is -2.28. The molecule has 0 saturated heterocycles. The van der Waals surface area contributed by atoms with Gasteiger partial charge in [0.1, 0.15) is 23.2 Å². The molecule has 0 aliphatic carbocycles. The first-order valence-electron chi connectivity index (χ1n) is 7.37. The molecule has 0 saturated carbocycles. The number of aromatic hydroxyl groups is 2. The number of Topliss-reactive ketones (excluding diaryl/α,β-unsaturated/α-hetero) is 2. The maximum Gasteiger partial charge on any atom is 0.373 e. The Morgan fingerprint density at radius 3 is 2.16 bits per heavy atom. The number of ketones is 2. The fraction of sp³-hybridized carbons (Fsp3) is 0.167. The van der Waals surface area contributed by atoms with Gasteiger partial charge in [0.2, 0.25) is 0 Å². The molecule has 1 atom stereocenters. The number of aliphatic carboxylic acids is 1. The Labute approximate surface area is 142 Å². The van der Waals surface area contributed by atoms with Gasteiger partial charge in [-0.2, -0.15) is 0 Å². The zero-order valence-corrected chi connectivity index (χ0v) is 13.2. The lowest BCUT2D eigenvalue weighted by molar-refractivity contribution is -0.149. The van der Waals surface area contributed by atoms with Gasteiger partial charge in [0, 0.05) is 6.07 Å². The average Bonchev–Trinajstić information content (AvgIpc) is 2.56. The molecule has 0 heterocycles. The van der Waals surface area contributed by atoms with Gasteiger partial charge in [0.05, 0.1) is 5.56 Å². The number of rotatable bonds is 6. The van der Waals surface area contributed by atoms with E-state index in [-0.39, 0.29) is 16.9 Å². The molecule has 3 N–H and O–H groups in total. The quantitative estimate of drug-likeness (QED) is 0.421. The monoisotopic (exact) mass is 346 g/mol. The summed E-state index contributed by atoms with van der Waals surface area (Å²) in [7, 11) is 0. The summed E-state index contributed by atoms with van der Waals surface area (Å²) in [6.07, 6.45) is 0.348. The molecule has 130 valence electrons. The Kier molecular flexibility index (Phi) is 5.17. The summed E-state index contributed by atoms with van der Waals surface area (Å²) in [5.74, 6) is -7.33. The number of carboxylic acids is 1. The maximum atomic E-state index is 13.1. The molecule has 0 aliphatic rings. The molecule has 25 heavy (non-hydrogen) atoms. The standard InChI is InChI=1S/C18H15FO6/c1-2-9-7-12(14(21)8-13(9)20)16(22)15(17(23)18(24)25)10-3-5-11(19)6-4-10/h3-8,15,20-21H,2H2,1H3,(H,24,25). The third-order valence-electron chi connectivity index (χ3n) is 3.78. The molecule has 0 bridgehead atoms. The molecule has 0 fully saturated rings. The maximum absolute atomic E-state index is 13.1. The first-order valence-corrected chi connectivity index (χ1v) is 7.37. The number of benzene rings is 2. The third kappa shape index (κ3) is 3.65. The Bertz CT molecular complexity index is 841. The van der Waals surface area contributed by atoms with Crippen LogP contribution in [0, 0.1) is 5.82 Å². The Morgan fingerprint density at radius 2 is 1.64 bits per heavy atom. The van der Waals surface area contributed by atoms with E-state index in [0.29, 0.717) is 12.0 Å². The van der Waals surface area contributed by atoms with Crippen molar-refractivity contribution < 1.29 is 34.1 Å². The van der Waals surface area contributed by atoms with E-state index in [0.717, 1.165) is 30.3 Å². The molecule has 1 unspecified atom stereocenters. The highest BCUT2D eigenvalue weighted by Crippen LogP contribution is 2.32. The minimum absolute atomic E-state index is 0.00989. The summed E-state index contributed by atoms with van der Waals surface area (Å²) in [6, 6.07) is 6.43. The van der Waals surface area contributed by atoms with Crippen molar-refractivity contribution in [3.05, 3.63) is 58.9 Å². The molecule has 7 heteroatoms. The molecule has 0 radical (unpaired) electrons. The lowest BCUT2D eigenvalue weighted by Gasteiger charge is -2.15. The molecule has 2 aromatic rings. The predicted molar refractivity (Wildman–Crippen MR) is 85.3 cm³/mol. The van der Waals surface area contributed by atoms with Gasteiger partial charge < -0.3 is 15.3 Å². The van der Waals surface area contributed by atoms with Crippen LogP contribution in [0.1, 0.15) is 34.3 Å². The van der Waals surface area contributed by atoms with Crippen LogP contribution in [0.3, 0.4) is 0 Å². The van der Waals surface area contributed by atoms with Crippen molar-refractivity contribution >= 4 is 17.5 Å². The lowest BCUT2D eigenvalue weighted by atomic mass is 9.86. The van der Waals surface area contributed by atoms with Gasteiger partial charge in [-0.1, -0.05) is 19.1 Å². The minimum Gasteiger partial charge on any atom is -0.508 e. The fourth-order valence-corrected chi connectivity index (χ4v) is 2.46. The van der Waals surface area contributed by atoms with Gasteiger partial charge in [-0.25, -0.2) is 9.18 Å². The van der Waals surface area contributed by atoms with E-state index in [1.165, 1.54) is 6.07 Å². The summed E-state index contributed by atoms with van der Waals surface area (Å²) in [5.41, 5.74) is 0.0460. The zero-order chi connectivity index (χ0) is 18.7. The van der Waals surface area contributed by atoms with Gasteiger partial charge in [0.15, 0.2) is 5.78 Å². The van der Waals surface area contributed by atoms with E-state index < -0.39 is 35.0 Å². The molecular formula is C18H15FO6. The summed E-state index contributed by atoms with van der Waals surface area (Å²) in [6.45, 7) is 1.71. The van der Waals surface area contributed by atoms with Crippen molar-refractivity contribution in [2.75, 3.05) is 0 Å². The van der Waals surface area contributed by atoms with Crippen LogP contribution >= 0.6 is 0 Å². The van der Waals surface area contributed by atoms with Crippen LogP contribution in [0.15, 0.2) is 36.4 Å². The van der Waals surface area contributed by atoms with Crippen LogP contribution < -0.4 is 0 Å². The van der Waals surface area contributed by atoms with Gasteiger partial charge in [-0.3, -0.25) is 9.59 Å². The van der Waals surface area contributed by atoms with Crippen molar-refractivity contribution in [3.8, 4) is 11.5 Å². The number of carbonyl (C=O) groups is 3. The molecule has 0 aromatic heterocycles. The van der Waals surface area contributed by atoms with Crippen LogP contribution in [-0.4, -0.2) is 32.9 Å². The minimum atomic E-state index is -1.82. The van der Waals surface area contributed by atoms with Crippen molar-refractivity contribution in [3.63, 3.8) is 0 Å². The summed E-state index contributed by atoms with van der Waals surface area (Å²) in [5, 5.41) is 28.6. The predicted octanol–water partition coefficient (Wildman–Crippen LogP) is 2.42. The Hall–Kier alpha value is -3.22. The van der Waals surface area contributed by atoms with Crippen LogP contribution in [0.4, 0.5) is 4.39 Å². The van der Waals surface area contributed by atoms with E-state index >= 15 is 0 Å². The van der Waals surface area contributed by atoms with Crippen LogP contribution in [-0.2, 0) is 16.0 Å². The molecule has 6 nitrogen and oxygen atoms in total. The largest absolute Gasteiger partial charge is 0.508 e. The van der Waals surface area contributed by atoms with E-state index in [1.54, 1.807) is 6.92 Å². The number of phenols is 2. The smallest absolute Gasteiger partial charge is 0.373 e. The van der Waals surface area contributed by atoms with Crippen LogP contribution in [0.5, 0.6) is 11.5 Å². The van der Waals surface area contributed by atoms with Gasteiger partial charge in [-0.15, -0.1) is 0 Å². The molecule has 2 aromatic carbocycles. The number of carbonyl (C=O) groups excluding carboxylic acids is 2. The normalized spacial score (nSPS) is 11.8. The Morgan fingerprint density at radius 1 is 1.04 bits per heavy atom. The van der Waals surface area contributed by atoms with E-state index in [1.807, 2.05) is 0 Å². The molecule has 0 spiro atoms. The van der Waals surface area contributed by atoms with Crippen molar-refractivity contribution in [1.82, 2.24) is 0 Å². The van der Waals surface area contributed by atoms with E-state index in [4.69, 9.17) is 5.11 Å². The first-order chi connectivity index (χ1) is 11.8. The fourth-order valence-electron chi connectivity index (χ4n) is 2.46. The molecule has 0 amide bonds. The number of carboxylic acid groups (broad SMARTS) is 1. The second-order valence-electron chi connectivity index (χ2n) is 5.37. The molecular weight excluding hydrogens is 331 g/mol. The SMILES string of the molecule is CCc1cc(C(=O)C(C(=O)C(=O)O)c2ccc(F)cc2)c(O)cc1O. The number of hydrogen-bond donors (Lipinski definition) is 3. The molecule has 0 aliphatic heterocycles. The van der Waals surface area contributed by atoms with Crippen molar-refractivity contribution in [2.24, 2.45) is 0 Å². The molecule has 2 rings (SSSR count).